The van der Waals surface area contributed by atoms with Gasteiger partial charge in [0, 0.05) is 18.8 Å². The van der Waals surface area contributed by atoms with E-state index in [4.69, 9.17) is 11.6 Å². The third kappa shape index (κ3) is 3.43. The summed E-state index contributed by atoms with van der Waals surface area (Å²) >= 11 is 5.72. The van der Waals surface area contributed by atoms with Gasteiger partial charge in [0.15, 0.2) is 0 Å². The first-order valence-corrected chi connectivity index (χ1v) is 8.27. The Morgan fingerprint density at radius 1 is 1.50 bits per heavy atom. The summed E-state index contributed by atoms with van der Waals surface area (Å²) in [5.41, 5.74) is 1.10. The van der Waals surface area contributed by atoms with Crippen molar-refractivity contribution in [3.05, 3.63) is 29.0 Å². The van der Waals surface area contributed by atoms with E-state index >= 15 is 0 Å². The van der Waals surface area contributed by atoms with Crippen LogP contribution in [0.1, 0.15) is 24.8 Å². The number of pyridine rings is 1. The largest absolute Gasteiger partial charge is 0.244 e. The predicted octanol–water partition coefficient (Wildman–Crippen LogP) is 2.09. The summed E-state index contributed by atoms with van der Waals surface area (Å²) in [6.45, 7) is 0.655. The van der Waals surface area contributed by atoms with Crippen LogP contribution >= 0.6 is 11.6 Å². The molecule has 0 unspecified atom stereocenters. The van der Waals surface area contributed by atoms with Crippen LogP contribution in [0.5, 0.6) is 0 Å². The summed E-state index contributed by atoms with van der Waals surface area (Å²) in [5.74, 6) is 0. The Morgan fingerprint density at radius 2 is 2.28 bits per heavy atom. The Kier molecular flexibility index (Phi) is 4.25. The van der Waals surface area contributed by atoms with Crippen LogP contribution in [0.4, 0.5) is 0 Å². The highest BCUT2D eigenvalue weighted by Gasteiger charge is 2.30. The summed E-state index contributed by atoms with van der Waals surface area (Å²) in [4.78, 5) is 4.03. The van der Waals surface area contributed by atoms with E-state index in [9.17, 15) is 8.42 Å². The number of nitrogens with zero attached hydrogens (tertiary/aromatic N) is 2. The van der Waals surface area contributed by atoms with Gasteiger partial charge in [0.25, 0.3) is 0 Å². The summed E-state index contributed by atoms with van der Waals surface area (Å²) in [6.07, 6.45) is 6.62. The molecule has 1 aromatic rings. The molecule has 18 heavy (non-hydrogen) atoms. The first kappa shape index (κ1) is 13.8. The number of aromatic nitrogens is 1. The van der Waals surface area contributed by atoms with Gasteiger partial charge in [-0.15, -0.1) is 0 Å². The van der Waals surface area contributed by atoms with Gasteiger partial charge in [-0.1, -0.05) is 17.7 Å². The van der Waals surface area contributed by atoms with Gasteiger partial charge < -0.3 is 0 Å². The number of hydrogen-bond donors (Lipinski definition) is 0. The van der Waals surface area contributed by atoms with Crippen molar-refractivity contribution >= 4 is 21.6 Å². The molecule has 1 aliphatic heterocycles. The quantitative estimate of drug-likeness (QED) is 0.797. The Morgan fingerprint density at radius 3 is 2.89 bits per heavy atom. The van der Waals surface area contributed by atoms with E-state index in [0.717, 1.165) is 31.2 Å². The molecule has 0 saturated carbocycles. The zero-order valence-electron chi connectivity index (χ0n) is 10.3. The average molecular weight is 289 g/mol. The second-order valence-electron chi connectivity index (χ2n) is 4.70. The molecule has 1 aromatic heterocycles. The Balaban J connectivity index is 1.96. The van der Waals surface area contributed by atoms with Gasteiger partial charge in [-0.2, -0.15) is 4.31 Å². The highest BCUT2D eigenvalue weighted by molar-refractivity contribution is 7.88. The minimum Gasteiger partial charge on any atom is -0.244 e. The van der Waals surface area contributed by atoms with Gasteiger partial charge in [0.2, 0.25) is 10.0 Å². The number of aryl methyl sites for hydroxylation is 1. The molecule has 0 radical (unpaired) electrons. The number of sulfonamides is 1. The molecule has 0 spiro atoms. The van der Waals surface area contributed by atoms with Crippen LogP contribution in [0.3, 0.4) is 0 Å². The van der Waals surface area contributed by atoms with Crippen LogP contribution < -0.4 is 0 Å². The predicted molar refractivity (Wildman–Crippen MR) is 72.1 cm³/mol. The number of hydrogen-bond acceptors (Lipinski definition) is 3. The van der Waals surface area contributed by atoms with Crippen LogP contribution in [0.2, 0.25) is 5.15 Å². The van der Waals surface area contributed by atoms with Gasteiger partial charge in [-0.3, -0.25) is 0 Å². The maximum Gasteiger partial charge on any atom is 0.211 e. The van der Waals surface area contributed by atoms with Crippen LogP contribution in [0.15, 0.2) is 18.3 Å². The molecule has 0 bridgehead atoms. The van der Waals surface area contributed by atoms with Gasteiger partial charge in [-0.25, -0.2) is 13.4 Å². The molecule has 1 atom stereocenters. The lowest BCUT2D eigenvalue weighted by atomic mass is 10.1. The minimum absolute atomic E-state index is 0.135. The molecule has 0 aromatic carbocycles. The average Bonchev–Trinajstić information content (AvgIpc) is 2.76. The molecule has 0 aliphatic carbocycles. The Hall–Kier alpha value is -0.650. The van der Waals surface area contributed by atoms with Crippen molar-refractivity contribution in [3.8, 4) is 0 Å². The molecular weight excluding hydrogens is 272 g/mol. The third-order valence-corrected chi connectivity index (χ3v) is 4.86. The van der Waals surface area contributed by atoms with Gasteiger partial charge in [-0.05, 0) is 37.3 Å². The lowest BCUT2D eigenvalue weighted by Crippen LogP contribution is -2.34. The Labute approximate surface area is 113 Å². The molecule has 6 heteroatoms. The van der Waals surface area contributed by atoms with Crippen molar-refractivity contribution in [2.24, 2.45) is 0 Å². The maximum absolute atomic E-state index is 11.6. The van der Waals surface area contributed by atoms with E-state index in [0.29, 0.717) is 11.7 Å². The molecule has 1 saturated heterocycles. The SMILES string of the molecule is CS(=O)(=O)N1CCC[C@@H]1CCc1ccc(Cl)nc1. The summed E-state index contributed by atoms with van der Waals surface area (Å²) in [7, 11) is -3.07. The van der Waals surface area contributed by atoms with Crippen molar-refractivity contribution in [1.29, 1.82) is 0 Å². The van der Waals surface area contributed by atoms with E-state index in [1.807, 2.05) is 6.07 Å². The molecule has 1 fully saturated rings. The highest BCUT2D eigenvalue weighted by Crippen LogP contribution is 2.24. The van der Waals surface area contributed by atoms with Crippen molar-refractivity contribution in [1.82, 2.24) is 9.29 Å². The van der Waals surface area contributed by atoms with Crippen molar-refractivity contribution < 1.29 is 8.42 Å². The standard InChI is InChI=1S/C12H17ClN2O2S/c1-18(16,17)15-8-2-3-11(15)6-4-10-5-7-12(13)14-9-10/h5,7,9,11H,2-4,6,8H2,1H3/t11-/m1/s1. The van der Waals surface area contributed by atoms with Crippen LogP contribution in [-0.2, 0) is 16.4 Å². The summed E-state index contributed by atoms with van der Waals surface area (Å²) in [5, 5.41) is 0.484. The first-order valence-electron chi connectivity index (χ1n) is 6.04. The second kappa shape index (κ2) is 5.55. The molecule has 0 amide bonds. The third-order valence-electron chi connectivity index (χ3n) is 3.30. The fraction of sp³-hybridized carbons (Fsp3) is 0.583. The summed E-state index contributed by atoms with van der Waals surface area (Å²) in [6, 6.07) is 3.84. The van der Waals surface area contributed by atoms with E-state index in [2.05, 4.69) is 4.98 Å². The van der Waals surface area contributed by atoms with Gasteiger partial charge in [0.05, 0.1) is 6.26 Å². The van der Waals surface area contributed by atoms with Crippen molar-refractivity contribution in [2.45, 2.75) is 31.7 Å². The molecule has 1 aliphatic rings. The molecule has 2 heterocycles. The minimum atomic E-state index is -3.07. The van der Waals surface area contributed by atoms with E-state index in [-0.39, 0.29) is 6.04 Å². The van der Waals surface area contributed by atoms with E-state index in [1.54, 1.807) is 16.6 Å². The second-order valence-corrected chi connectivity index (χ2v) is 7.02. The normalized spacial score (nSPS) is 21.3. The molecule has 0 N–H and O–H groups in total. The first-order chi connectivity index (χ1) is 8.47. The zero-order valence-corrected chi connectivity index (χ0v) is 11.9. The van der Waals surface area contributed by atoms with E-state index in [1.165, 1.54) is 6.26 Å². The maximum atomic E-state index is 11.6. The number of halogens is 1. The van der Waals surface area contributed by atoms with Crippen LogP contribution in [0.25, 0.3) is 0 Å². The van der Waals surface area contributed by atoms with E-state index < -0.39 is 10.0 Å². The fourth-order valence-corrected chi connectivity index (χ4v) is 3.75. The lowest BCUT2D eigenvalue weighted by Gasteiger charge is -2.21. The zero-order chi connectivity index (χ0) is 13.2. The van der Waals surface area contributed by atoms with Crippen molar-refractivity contribution in [3.63, 3.8) is 0 Å². The smallest absolute Gasteiger partial charge is 0.211 e. The molecule has 100 valence electrons. The van der Waals surface area contributed by atoms with Gasteiger partial charge >= 0.3 is 0 Å². The molecule has 2 rings (SSSR count). The number of rotatable bonds is 4. The topological polar surface area (TPSA) is 50.3 Å². The fourth-order valence-electron chi connectivity index (χ4n) is 2.42. The monoisotopic (exact) mass is 288 g/mol. The molecule has 4 nitrogen and oxygen atoms in total. The van der Waals surface area contributed by atoms with Crippen molar-refractivity contribution in [2.75, 3.05) is 12.8 Å². The highest BCUT2D eigenvalue weighted by atomic mass is 35.5. The van der Waals surface area contributed by atoms with Crippen LogP contribution in [-0.4, -0.2) is 36.5 Å². The summed E-state index contributed by atoms with van der Waals surface area (Å²) < 4.78 is 24.8. The lowest BCUT2D eigenvalue weighted by molar-refractivity contribution is 0.373. The van der Waals surface area contributed by atoms with Gasteiger partial charge in [0.1, 0.15) is 5.15 Å². The molecular formula is C12H17ClN2O2S. The van der Waals surface area contributed by atoms with Crippen LogP contribution in [0, 0.1) is 0 Å². The Bertz CT molecular complexity index is 501.